The van der Waals surface area contributed by atoms with E-state index in [1.807, 2.05) is 0 Å². The van der Waals surface area contributed by atoms with Crippen molar-refractivity contribution in [1.82, 2.24) is 10.6 Å². The number of carbonyl (C=O) groups is 3. The van der Waals surface area contributed by atoms with Crippen LogP contribution in [0.15, 0.2) is 0 Å². The fourth-order valence-electron chi connectivity index (χ4n) is 0.907. The minimum absolute atomic E-state index is 0.0107. The van der Waals surface area contributed by atoms with E-state index < -0.39 is 24.0 Å². The summed E-state index contributed by atoms with van der Waals surface area (Å²) in [5.74, 6) is 0.455. The Balaban J connectivity index is 3.95. The summed E-state index contributed by atoms with van der Waals surface area (Å²) in [4.78, 5) is 32.5. The Labute approximate surface area is 98.5 Å². The van der Waals surface area contributed by atoms with Crippen molar-refractivity contribution in [2.45, 2.75) is 18.9 Å². The maximum Gasteiger partial charge on any atom is 0.327 e. The molecule has 0 spiro atoms. The summed E-state index contributed by atoms with van der Waals surface area (Å²) in [6.45, 7) is 0.0564. The van der Waals surface area contributed by atoms with Crippen molar-refractivity contribution in [2.75, 3.05) is 13.7 Å². The molecular weight excluding hydrogens is 228 g/mol. The lowest BCUT2D eigenvalue weighted by Gasteiger charge is -2.12. The summed E-state index contributed by atoms with van der Waals surface area (Å²) in [5, 5.41) is 13.2. The zero-order valence-electron chi connectivity index (χ0n) is 9.36. The summed E-state index contributed by atoms with van der Waals surface area (Å²) in [7, 11) is 1.23. The summed E-state index contributed by atoms with van der Waals surface area (Å²) in [5.41, 5.74) is 0. The van der Waals surface area contributed by atoms with Crippen LogP contribution >= 0.6 is 0 Å². The van der Waals surface area contributed by atoms with Gasteiger partial charge in [-0.15, -0.1) is 12.3 Å². The van der Waals surface area contributed by atoms with Crippen LogP contribution in [-0.4, -0.2) is 42.8 Å². The number of esters is 1. The molecule has 0 aromatic carbocycles. The SMILES string of the molecule is C#CCC(NC(=O)NCCC(=O)OC)C(=O)O. The van der Waals surface area contributed by atoms with Crippen LogP contribution < -0.4 is 10.6 Å². The van der Waals surface area contributed by atoms with Crippen LogP contribution in [0, 0.1) is 12.3 Å². The molecule has 0 saturated carbocycles. The number of aliphatic carboxylic acids is 1. The number of ether oxygens (including phenoxy) is 1. The van der Waals surface area contributed by atoms with Crippen molar-refractivity contribution in [2.24, 2.45) is 0 Å². The summed E-state index contributed by atoms with van der Waals surface area (Å²) < 4.78 is 4.36. The van der Waals surface area contributed by atoms with Gasteiger partial charge in [0.15, 0.2) is 0 Å². The van der Waals surface area contributed by atoms with Gasteiger partial charge in [-0.3, -0.25) is 4.79 Å². The molecule has 0 aliphatic carbocycles. The van der Waals surface area contributed by atoms with Gasteiger partial charge in [-0.2, -0.15) is 0 Å². The predicted octanol–water partition coefficient (Wildman–Crippen LogP) is -0.675. The van der Waals surface area contributed by atoms with Gasteiger partial charge in [0.1, 0.15) is 6.04 Å². The molecule has 3 N–H and O–H groups in total. The molecule has 1 atom stereocenters. The van der Waals surface area contributed by atoms with Crippen molar-refractivity contribution >= 4 is 18.0 Å². The number of hydrogen-bond donors (Lipinski definition) is 3. The van der Waals surface area contributed by atoms with Gasteiger partial charge in [0.05, 0.1) is 13.5 Å². The first-order chi connectivity index (χ1) is 8.01. The number of methoxy groups -OCH3 is 1. The lowest BCUT2D eigenvalue weighted by Crippen LogP contribution is -2.46. The first-order valence-corrected chi connectivity index (χ1v) is 4.78. The van der Waals surface area contributed by atoms with Gasteiger partial charge in [-0.1, -0.05) is 0 Å². The largest absolute Gasteiger partial charge is 0.480 e. The first kappa shape index (κ1) is 14.8. The van der Waals surface area contributed by atoms with Gasteiger partial charge < -0.3 is 20.5 Å². The molecule has 0 rings (SSSR count). The Kier molecular flexibility index (Phi) is 6.94. The van der Waals surface area contributed by atoms with Crippen LogP contribution in [0.5, 0.6) is 0 Å². The molecule has 7 heteroatoms. The monoisotopic (exact) mass is 242 g/mol. The van der Waals surface area contributed by atoms with Gasteiger partial charge in [0, 0.05) is 13.0 Å². The third-order valence-electron chi connectivity index (χ3n) is 1.77. The average molecular weight is 242 g/mol. The number of terminal acetylenes is 1. The predicted molar refractivity (Wildman–Crippen MR) is 58.0 cm³/mol. The standard InChI is InChI=1S/C10H14N2O5/c1-3-4-7(9(14)15)12-10(16)11-6-5-8(13)17-2/h1,7H,4-6H2,2H3,(H,14,15)(H2,11,12,16). The number of urea groups is 1. The van der Waals surface area contributed by atoms with Crippen LogP contribution in [0.3, 0.4) is 0 Å². The normalized spacial score (nSPS) is 10.8. The van der Waals surface area contributed by atoms with Gasteiger partial charge in [0.2, 0.25) is 0 Å². The van der Waals surface area contributed by atoms with E-state index >= 15 is 0 Å². The fraction of sp³-hybridized carbons (Fsp3) is 0.500. The highest BCUT2D eigenvalue weighted by Crippen LogP contribution is 1.90. The molecule has 0 fully saturated rings. The van der Waals surface area contributed by atoms with Gasteiger partial charge >= 0.3 is 18.0 Å². The summed E-state index contributed by atoms with van der Waals surface area (Å²) in [6.07, 6.45) is 4.85. The van der Waals surface area contributed by atoms with E-state index in [4.69, 9.17) is 11.5 Å². The number of carboxylic acids is 1. The molecule has 17 heavy (non-hydrogen) atoms. The number of hydrogen-bond acceptors (Lipinski definition) is 4. The lowest BCUT2D eigenvalue weighted by molar-refractivity contribution is -0.141. The maximum absolute atomic E-state index is 11.2. The van der Waals surface area contributed by atoms with E-state index in [-0.39, 0.29) is 19.4 Å². The molecule has 0 saturated heterocycles. The second-order valence-electron chi connectivity index (χ2n) is 3.03. The van der Waals surface area contributed by atoms with Crippen LogP contribution in [0.1, 0.15) is 12.8 Å². The summed E-state index contributed by atoms with van der Waals surface area (Å²) >= 11 is 0. The lowest BCUT2D eigenvalue weighted by atomic mass is 10.2. The van der Waals surface area contributed by atoms with E-state index in [0.717, 1.165) is 0 Å². The van der Waals surface area contributed by atoms with Crippen molar-refractivity contribution in [3.63, 3.8) is 0 Å². The number of rotatable bonds is 6. The highest BCUT2D eigenvalue weighted by atomic mass is 16.5. The van der Waals surface area contributed by atoms with Crippen molar-refractivity contribution in [1.29, 1.82) is 0 Å². The molecule has 0 aromatic rings. The van der Waals surface area contributed by atoms with Crippen molar-refractivity contribution in [3.05, 3.63) is 0 Å². The molecular formula is C10H14N2O5. The number of nitrogens with one attached hydrogen (secondary N) is 2. The Bertz CT molecular complexity index is 334. The van der Waals surface area contributed by atoms with E-state index in [1.54, 1.807) is 0 Å². The number of carboxylic acid groups (broad SMARTS) is 1. The molecule has 0 aliphatic heterocycles. The fourth-order valence-corrected chi connectivity index (χ4v) is 0.907. The van der Waals surface area contributed by atoms with Crippen LogP contribution in [0.25, 0.3) is 0 Å². The highest BCUT2D eigenvalue weighted by molar-refractivity contribution is 5.83. The maximum atomic E-state index is 11.2. The van der Waals surface area contributed by atoms with Crippen molar-refractivity contribution < 1.29 is 24.2 Å². The third kappa shape index (κ3) is 6.78. The Morgan fingerprint density at radius 2 is 2.12 bits per heavy atom. The van der Waals surface area contributed by atoms with Crippen LogP contribution in [0.4, 0.5) is 4.79 Å². The molecule has 0 bridgehead atoms. The smallest absolute Gasteiger partial charge is 0.327 e. The van der Waals surface area contributed by atoms with Gasteiger partial charge in [-0.25, -0.2) is 9.59 Å². The zero-order valence-corrected chi connectivity index (χ0v) is 9.36. The summed E-state index contributed by atoms with van der Waals surface area (Å²) in [6, 6.07) is -1.84. The quantitative estimate of drug-likeness (QED) is 0.423. The van der Waals surface area contributed by atoms with Crippen LogP contribution in [0.2, 0.25) is 0 Å². The van der Waals surface area contributed by atoms with Crippen molar-refractivity contribution in [3.8, 4) is 12.3 Å². The topological polar surface area (TPSA) is 105 Å². The molecule has 1 unspecified atom stereocenters. The average Bonchev–Trinajstić information content (AvgIpc) is 2.28. The van der Waals surface area contributed by atoms with Gasteiger partial charge in [-0.05, 0) is 0 Å². The minimum Gasteiger partial charge on any atom is -0.480 e. The zero-order chi connectivity index (χ0) is 13.3. The van der Waals surface area contributed by atoms with E-state index in [2.05, 4.69) is 21.3 Å². The molecule has 0 radical (unpaired) electrons. The van der Waals surface area contributed by atoms with Gasteiger partial charge in [0.25, 0.3) is 0 Å². The molecule has 0 aliphatic rings. The number of carbonyl (C=O) groups excluding carboxylic acids is 2. The van der Waals surface area contributed by atoms with E-state index in [9.17, 15) is 14.4 Å². The Morgan fingerprint density at radius 1 is 1.47 bits per heavy atom. The molecule has 0 heterocycles. The molecule has 7 nitrogen and oxygen atoms in total. The van der Waals surface area contributed by atoms with E-state index in [1.165, 1.54) is 7.11 Å². The second kappa shape index (κ2) is 7.98. The Hall–Kier alpha value is -2.23. The minimum atomic E-state index is -1.22. The highest BCUT2D eigenvalue weighted by Gasteiger charge is 2.18. The third-order valence-corrected chi connectivity index (χ3v) is 1.77. The number of amides is 2. The second-order valence-corrected chi connectivity index (χ2v) is 3.03. The van der Waals surface area contributed by atoms with E-state index in [0.29, 0.717) is 0 Å². The first-order valence-electron chi connectivity index (χ1n) is 4.78. The Morgan fingerprint density at radius 3 is 2.59 bits per heavy atom. The molecule has 0 aromatic heterocycles. The molecule has 2 amide bonds. The molecule has 94 valence electrons. The van der Waals surface area contributed by atoms with Crippen LogP contribution in [-0.2, 0) is 14.3 Å².